The molecule has 0 aliphatic carbocycles. The number of hydrogen-bond acceptors (Lipinski definition) is 4. The van der Waals surface area contributed by atoms with Crippen LogP contribution in [0.5, 0.6) is 0 Å². The Morgan fingerprint density at radius 1 is 1.44 bits per heavy atom. The van der Waals surface area contributed by atoms with Gasteiger partial charge in [0, 0.05) is 11.8 Å². The molecular weight excluding hydrogens is 248 g/mol. The van der Waals surface area contributed by atoms with Gasteiger partial charge in [-0.1, -0.05) is 26.8 Å². The Hall–Kier alpha value is -1.23. The van der Waals surface area contributed by atoms with E-state index in [1.807, 2.05) is 19.1 Å². The second kappa shape index (κ2) is 7.26. The quantitative estimate of drug-likeness (QED) is 0.455. The summed E-state index contributed by atoms with van der Waals surface area (Å²) < 4.78 is 0. The SMILES string of the molecule is CCCNc1cccc(SC(C)CC)c1[N+](=O)[O-]. The first kappa shape index (κ1) is 14.8. The minimum Gasteiger partial charge on any atom is -0.379 e. The van der Waals surface area contributed by atoms with Crippen molar-refractivity contribution < 1.29 is 4.92 Å². The summed E-state index contributed by atoms with van der Waals surface area (Å²) in [6, 6.07) is 5.47. The number of nitrogens with zero attached hydrogens (tertiary/aromatic N) is 1. The fourth-order valence-corrected chi connectivity index (χ4v) is 2.56. The van der Waals surface area contributed by atoms with Crippen molar-refractivity contribution in [2.75, 3.05) is 11.9 Å². The fraction of sp³-hybridized carbons (Fsp3) is 0.538. The van der Waals surface area contributed by atoms with Crippen LogP contribution in [0.1, 0.15) is 33.6 Å². The molecule has 0 fully saturated rings. The van der Waals surface area contributed by atoms with Crippen molar-refractivity contribution in [1.82, 2.24) is 0 Å². The predicted molar refractivity (Wildman–Crippen MR) is 77.5 cm³/mol. The maximum absolute atomic E-state index is 11.2. The number of thioether (sulfide) groups is 1. The molecule has 1 unspecified atom stereocenters. The molecule has 0 bridgehead atoms. The molecule has 1 N–H and O–H groups in total. The number of nitro groups is 1. The maximum Gasteiger partial charge on any atom is 0.305 e. The molecule has 0 aliphatic heterocycles. The predicted octanol–water partition coefficient (Wildman–Crippen LogP) is 4.31. The highest BCUT2D eigenvalue weighted by Crippen LogP contribution is 2.38. The topological polar surface area (TPSA) is 55.2 Å². The Morgan fingerprint density at radius 2 is 2.17 bits per heavy atom. The Morgan fingerprint density at radius 3 is 2.72 bits per heavy atom. The lowest BCUT2D eigenvalue weighted by Crippen LogP contribution is -2.04. The number of rotatable bonds is 7. The van der Waals surface area contributed by atoms with Gasteiger partial charge in [-0.3, -0.25) is 10.1 Å². The van der Waals surface area contributed by atoms with Gasteiger partial charge < -0.3 is 5.32 Å². The van der Waals surface area contributed by atoms with Crippen molar-refractivity contribution in [3.8, 4) is 0 Å². The second-order valence-corrected chi connectivity index (χ2v) is 5.65. The fourth-order valence-electron chi connectivity index (χ4n) is 1.51. The zero-order valence-electron chi connectivity index (χ0n) is 11.1. The summed E-state index contributed by atoms with van der Waals surface area (Å²) in [7, 11) is 0. The van der Waals surface area contributed by atoms with E-state index in [-0.39, 0.29) is 10.6 Å². The van der Waals surface area contributed by atoms with Crippen LogP contribution in [0.15, 0.2) is 23.1 Å². The van der Waals surface area contributed by atoms with E-state index in [2.05, 4.69) is 19.2 Å². The smallest absolute Gasteiger partial charge is 0.305 e. The van der Waals surface area contributed by atoms with Gasteiger partial charge in [-0.05, 0) is 25.0 Å². The van der Waals surface area contributed by atoms with Crippen LogP contribution in [-0.2, 0) is 0 Å². The monoisotopic (exact) mass is 268 g/mol. The Kier molecular flexibility index (Phi) is 5.98. The lowest BCUT2D eigenvalue weighted by atomic mass is 10.2. The van der Waals surface area contributed by atoms with Crippen molar-refractivity contribution >= 4 is 23.1 Å². The van der Waals surface area contributed by atoms with E-state index in [1.165, 1.54) is 0 Å². The third-order valence-corrected chi connectivity index (χ3v) is 3.97. The van der Waals surface area contributed by atoms with Crippen LogP contribution in [0.25, 0.3) is 0 Å². The molecular formula is C13H20N2O2S. The maximum atomic E-state index is 11.2. The van der Waals surface area contributed by atoms with Gasteiger partial charge in [0.15, 0.2) is 0 Å². The summed E-state index contributed by atoms with van der Waals surface area (Å²) in [5.74, 6) is 0. The second-order valence-electron chi connectivity index (χ2n) is 4.17. The molecule has 18 heavy (non-hydrogen) atoms. The Balaban J connectivity index is 3.05. The summed E-state index contributed by atoms with van der Waals surface area (Å²) in [6.07, 6.45) is 1.94. The minimum absolute atomic E-state index is 0.205. The molecule has 0 radical (unpaired) electrons. The van der Waals surface area contributed by atoms with Gasteiger partial charge in [0.25, 0.3) is 0 Å². The van der Waals surface area contributed by atoms with Crippen molar-refractivity contribution in [3.05, 3.63) is 28.3 Å². The average molecular weight is 268 g/mol. The number of nitrogens with one attached hydrogen (secondary N) is 1. The largest absolute Gasteiger partial charge is 0.379 e. The average Bonchev–Trinajstić information content (AvgIpc) is 2.35. The number of nitro benzene ring substituents is 1. The molecule has 100 valence electrons. The molecule has 0 aliphatic rings. The van der Waals surface area contributed by atoms with E-state index in [9.17, 15) is 10.1 Å². The number of anilines is 1. The van der Waals surface area contributed by atoms with Crippen LogP contribution in [0, 0.1) is 10.1 Å². The normalized spacial score (nSPS) is 12.2. The summed E-state index contributed by atoms with van der Waals surface area (Å²) in [5.41, 5.74) is 0.825. The van der Waals surface area contributed by atoms with E-state index >= 15 is 0 Å². The van der Waals surface area contributed by atoms with Gasteiger partial charge in [0.1, 0.15) is 5.69 Å². The van der Waals surface area contributed by atoms with E-state index in [4.69, 9.17) is 0 Å². The van der Waals surface area contributed by atoms with Crippen molar-refractivity contribution in [1.29, 1.82) is 0 Å². The third-order valence-electron chi connectivity index (χ3n) is 2.65. The molecule has 1 aromatic carbocycles. The molecule has 0 heterocycles. The molecule has 0 saturated carbocycles. The summed E-state index contributed by atoms with van der Waals surface area (Å²) >= 11 is 1.56. The number of benzene rings is 1. The molecule has 1 atom stereocenters. The third kappa shape index (κ3) is 3.91. The van der Waals surface area contributed by atoms with Crippen LogP contribution >= 0.6 is 11.8 Å². The number of para-hydroxylation sites is 1. The zero-order valence-corrected chi connectivity index (χ0v) is 11.9. The van der Waals surface area contributed by atoms with E-state index < -0.39 is 0 Å². The minimum atomic E-state index is -0.289. The highest BCUT2D eigenvalue weighted by atomic mass is 32.2. The Labute approximate surface area is 112 Å². The van der Waals surface area contributed by atoms with E-state index in [0.29, 0.717) is 10.9 Å². The molecule has 0 spiro atoms. The van der Waals surface area contributed by atoms with Crippen LogP contribution in [0.4, 0.5) is 11.4 Å². The van der Waals surface area contributed by atoms with Crippen LogP contribution in [0.2, 0.25) is 0 Å². The summed E-state index contributed by atoms with van der Waals surface area (Å²) in [4.78, 5) is 11.7. The number of hydrogen-bond donors (Lipinski definition) is 1. The van der Waals surface area contributed by atoms with Crippen molar-refractivity contribution in [3.63, 3.8) is 0 Å². The van der Waals surface area contributed by atoms with E-state index in [1.54, 1.807) is 17.8 Å². The van der Waals surface area contributed by atoms with Crippen LogP contribution in [-0.4, -0.2) is 16.7 Å². The first-order valence-corrected chi connectivity index (χ1v) is 7.16. The molecule has 0 saturated heterocycles. The molecule has 0 aromatic heterocycles. The molecule has 4 nitrogen and oxygen atoms in total. The van der Waals surface area contributed by atoms with Crippen LogP contribution in [0.3, 0.4) is 0 Å². The van der Waals surface area contributed by atoms with Gasteiger partial charge in [-0.15, -0.1) is 11.8 Å². The first-order valence-electron chi connectivity index (χ1n) is 6.28. The van der Waals surface area contributed by atoms with Crippen molar-refractivity contribution in [2.45, 2.75) is 43.8 Å². The van der Waals surface area contributed by atoms with Gasteiger partial charge in [0.2, 0.25) is 0 Å². The zero-order chi connectivity index (χ0) is 13.5. The van der Waals surface area contributed by atoms with Gasteiger partial charge in [0.05, 0.1) is 9.82 Å². The van der Waals surface area contributed by atoms with Gasteiger partial charge in [-0.25, -0.2) is 0 Å². The molecule has 0 amide bonds. The summed E-state index contributed by atoms with van der Waals surface area (Å²) in [5, 5.41) is 14.7. The van der Waals surface area contributed by atoms with Crippen LogP contribution < -0.4 is 5.32 Å². The highest BCUT2D eigenvalue weighted by molar-refractivity contribution is 8.00. The highest BCUT2D eigenvalue weighted by Gasteiger charge is 2.20. The molecule has 5 heteroatoms. The summed E-state index contributed by atoms with van der Waals surface area (Å²) in [6.45, 7) is 6.96. The van der Waals surface area contributed by atoms with E-state index in [0.717, 1.165) is 24.3 Å². The Bertz CT molecular complexity index is 410. The lowest BCUT2D eigenvalue weighted by Gasteiger charge is -2.12. The first-order chi connectivity index (χ1) is 8.60. The molecule has 1 aromatic rings. The van der Waals surface area contributed by atoms with Gasteiger partial charge >= 0.3 is 5.69 Å². The molecule has 1 rings (SSSR count). The lowest BCUT2D eigenvalue weighted by molar-refractivity contribution is -0.386. The van der Waals surface area contributed by atoms with Gasteiger partial charge in [-0.2, -0.15) is 0 Å². The standard InChI is InChI=1S/C13H20N2O2S/c1-4-9-14-11-7-6-8-12(13(11)15(16)17)18-10(3)5-2/h6-8,10,14H,4-5,9H2,1-3H3. The van der Waals surface area contributed by atoms with Crippen molar-refractivity contribution in [2.24, 2.45) is 0 Å².